The Morgan fingerprint density at radius 1 is 1.36 bits per heavy atom. The van der Waals surface area contributed by atoms with E-state index in [4.69, 9.17) is 0 Å². The normalized spacial score (nSPS) is 30.2. The Balaban J connectivity index is 2.47. The van der Waals surface area contributed by atoms with Crippen LogP contribution in [0.5, 0.6) is 0 Å². The van der Waals surface area contributed by atoms with Gasteiger partial charge < -0.3 is 25.1 Å². The van der Waals surface area contributed by atoms with Crippen molar-refractivity contribution in [3.8, 4) is 0 Å². The molecule has 1 rings (SSSR count). The zero-order valence-electron chi connectivity index (χ0n) is 5.48. The van der Waals surface area contributed by atoms with Crippen molar-refractivity contribution in [3.63, 3.8) is 0 Å². The number of carboxylic acids is 2. The lowest BCUT2D eigenvalue weighted by molar-refractivity contribution is -0.679. The number of rotatable bonds is 2. The van der Waals surface area contributed by atoms with Crippen LogP contribution < -0.4 is 15.5 Å². The number of quaternary nitrogens is 1. The van der Waals surface area contributed by atoms with Gasteiger partial charge in [0.25, 0.3) is 0 Å². The van der Waals surface area contributed by atoms with Crippen molar-refractivity contribution in [1.82, 2.24) is 0 Å². The van der Waals surface area contributed by atoms with Crippen LogP contribution in [0.25, 0.3) is 0 Å². The molecule has 1 aliphatic heterocycles. The average Bonchev–Trinajstić information content (AvgIpc) is 2.33. The molecule has 0 radical (unpaired) electrons. The highest BCUT2D eigenvalue weighted by molar-refractivity contribution is 8.00. The van der Waals surface area contributed by atoms with Gasteiger partial charge in [0.1, 0.15) is 18.0 Å². The van der Waals surface area contributed by atoms with E-state index in [1.54, 1.807) is 0 Å². The molecule has 2 atom stereocenters. The van der Waals surface area contributed by atoms with E-state index in [9.17, 15) is 19.8 Å². The summed E-state index contributed by atoms with van der Waals surface area (Å²) in [6, 6.07) is -0.747. The number of thioether (sulfide) groups is 1. The minimum absolute atomic E-state index is 0.265. The number of nitrogens with two attached hydrogens (primary N) is 1. The van der Waals surface area contributed by atoms with Gasteiger partial charge in [-0.2, -0.15) is 0 Å². The molecule has 0 aromatic rings. The predicted octanol–water partition coefficient (Wildman–Crippen LogP) is -4.51. The number of carbonyl (C=O) groups excluding carboxylic acids is 2. The highest BCUT2D eigenvalue weighted by atomic mass is 32.2. The Kier molecular flexibility index (Phi) is 2.35. The molecule has 1 saturated heterocycles. The first-order valence-electron chi connectivity index (χ1n) is 2.99. The van der Waals surface area contributed by atoms with Crippen LogP contribution >= 0.6 is 11.8 Å². The molecule has 0 unspecified atom stereocenters. The van der Waals surface area contributed by atoms with Crippen molar-refractivity contribution >= 4 is 23.7 Å². The molecule has 0 aliphatic carbocycles. The zero-order valence-corrected chi connectivity index (χ0v) is 6.30. The molecular formula is C5H6NO4S-. The molecule has 0 aromatic heterocycles. The number of hydrogen-bond acceptors (Lipinski definition) is 5. The van der Waals surface area contributed by atoms with Crippen LogP contribution in [0.2, 0.25) is 0 Å². The maximum Gasteiger partial charge on any atom is 0.174 e. The first-order chi connectivity index (χ1) is 5.11. The van der Waals surface area contributed by atoms with Gasteiger partial charge in [0.15, 0.2) is 5.37 Å². The smallest absolute Gasteiger partial charge is 0.174 e. The van der Waals surface area contributed by atoms with Crippen LogP contribution in [0.1, 0.15) is 0 Å². The standard InChI is InChI=1S/C5H7NO4S/c7-4(8)2-1-11-3(6-2)5(9)10/h2-3,6H,1H2,(H,7,8)(H,9,10)/p-1/t2-,3+/m0/s1. The zero-order chi connectivity index (χ0) is 8.43. The Morgan fingerprint density at radius 2 is 2.00 bits per heavy atom. The van der Waals surface area contributed by atoms with Crippen LogP contribution in [0.3, 0.4) is 0 Å². The summed E-state index contributed by atoms with van der Waals surface area (Å²) in [5, 5.41) is 20.8. The highest BCUT2D eigenvalue weighted by Crippen LogP contribution is 2.10. The van der Waals surface area contributed by atoms with E-state index in [-0.39, 0.29) is 5.75 Å². The summed E-state index contributed by atoms with van der Waals surface area (Å²) in [5.74, 6) is -2.19. The molecule has 0 spiro atoms. The Bertz CT molecular complexity index is 175. The lowest BCUT2D eigenvalue weighted by Crippen LogP contribution is -2.96. The van der Waals surface area contributed by atoms with E-state index in [0.29, 0.717) is 0 Å². The van der Waals surface area contributed by atoms with Gasteiger partial charge in [-0.05, 0) is 0 Å². The van der Waals surface area contributed by atoms with Gasteiger partial charge in [-0.1, -0.05) is 11.8 Å². The van der Waals surface area contributed by atoms with Crippen molar-refractivity contribution in [1.29, 1.82) is 0 Å². The van der Waals surface area contributed by atoms with E-state index >= 15 is 0 Å². The summed E-state index contributed by atoms with van der Waals surface area (Å²) in [4.78, 5) is 20.4. The third kappa shape index (κ3) is 1.84. The lowest BCUT2D eigenvalue weighted by atomic mass is 10.3. The number of carbonyl (C=O) groups is 2. The summed E-state index contributed by atoms with van der Waals surface area (Å²) in [6.07, 6.45) is 0. The van der Waals surface area contributed by atoms with E-state index in [0.717, 1.165) is 11.8 Å². The average molecular weight is 176 g/mol. The molecule has 1 aliphatic rings. The molecule has 0 saturated carbocycles. The van der Waals surface area contributed by atoms with E-state index < -0.39 is 23.4 Å². The molecule has 2 N–H and O–H groups in total. The fraction of sp³-hybridized carbons (Fsp3) is 0.600. The van der Waals surface area contributed by atoms with Crippen molar-refractivity contribution < 1.29 is 25.1 Å². The lowest BCUT2D eigenvalue weighted by Gasteiger charge is -2.10. The first-order valence-corrected chi connectivity index (χ1v) is 4.04. The third-order valence-corrected chi connectivity index (χ3v) is 2.66. The molecule has 5 nitrogen and oxygen atoms in total. The summed E-state index contributed by atoms with van der Waals surface area (Å²) in [5.41, 5.74) is 0. The van der Waals surface area contributed by atoms with Gasteiger partial charge in [-0.25, -0.2) is 0 Å². The van der Waals surface area contributed by atoms with Crippen molar-refractivity contribution in [3.05, 3.63) is 0 Å². The Hall–Kier alpha value is -0.750. The molecule has 0 amide bonds. The highest BCUT2D eigenvalue weighted by Gasteiger charge is 2.30. The van der Waals surface area contributed by atoms with Gasteiger partial charge in [0.05, 0.1) is 5.75 Å². The Labute approximate surface area is 66.8 Å². The van der Waals surface area contributed by atoms with Crippen molar-refractivity contribution in [2.24, 2.45) is 0 Å². The van der Waals surface area contributed by atoms with Crippen molar-refractivity contribution in [2.45, 2.75) is 11.4 Å². The summed E-state index contributed by atoms with van der Waals surface area (Å²) < 4.78 is 0. The monoisotopic (exact) mass is 176 g/mol. The number of aliphatic carboxylic acids is 2. The Morgan fingerprint density at radius 3 is 2.27 bits per heavy atom. The predicted molar refractivity (Wildman–Crippen MR) is 32.0 cm³/mol. The maximum absolute atomic E-state index is 10.2. The molecule has 6 heteroatoms. The van der Waals surface area contributed by atoms with Crippen molar-refractivity contribution in [2.75, 3.05) is 5.75 Å². The van der Waals surface area contributed by atoms with Crippen LogP contribution in [-0.2, 0) is 9.59 Å². The van der Waals surface area contributed by atoms with E-state index in [2.05, 4.69) is 0 Å². The first kappa shape index (κ1) is 8.35. The van der Waals surface area contributed by atoms with Crippen LogP contribution in [0, 0.1) is 0 Å². The molecular weight excluding hydrogens is 170 g/mol. The maximum atomic E-state index is 10.2. The SMILES string of the molecule is O=C([O-])[C@@H]1CS[C@H](C(=O)[O-])[NH2+]1. The van der Waals surface area contributed by atoms with Gasteiger partial charge in [0.2, 0.25) is 0 Å². The van der Waals surface area contributed by atoms with Gasteiger partial charge in [-0.15, -0.1) is 0 Å². The van der Waals surface area contributed by atoms with Gasteiger partial charge in [0, 0.05) is 0 Å². The quantitative estimate of drug-likeness (QED) is 0.457. The van der Waals surface area contributed by atoms with Gasteiger partial charge in [-0.3, -0.25) is 0 Å². The molecule has 1 heterocycles. The summed E-state index contributed by atoms with van der Waals surface area (Å²) in [7, 11) is 0. The summed E-state index contributed by atoms with van der Waals surface area (Å²) >= 11 is 1.05. The molecule has 0 bridgehead atoms. The summed E-state index contributed by atoms with van der Waals surface area (Å²) in [6.45, 7) is 0. The topological polar surface area (TPSA) is 96.9 Å². The van der Waals surface area contributed by atoms with Gasteiger partial charge >= 0.3 is 0 Å². The van der Waals surface area contributed by atoms with E-state index in [1.807, 2.05) is 0 Å². The van der Waals surface area contributed by atoms with E-state index in [1.165, 1.54) is 5.32 Å². The third-order valence-electron chi connectivity index (χ3n) is 1.40. The second-order valence-electron chi connectivity index (χ2n) is 2.19. The second-order valence-corrected chi connectivity index (χ2v) is 3.37. The minimum atomic E-state index is -1.24. The molecule has 62 valence electrons. The largest absolute Gasteiger partial charge is 0.544 e. The number of hydrogen-bond donors (Lipinski definition) is 1. The number of carboxylic acid groups (broad SMARTS) is 2. The fourth-order valence-corrected chi connectivity index (χ4v) is 1.92. The molecule has 1 fully saturated rings. The second kappa shape index (κ2) is 3.10. The molecule has 11 heavy (non-hydrogen) atoms. The van der Waals surface area contributed by atoms with Crippen LogP contribution in [-0.4, -0.2) is 29.1 Å². The van der Waals surface area contributed by atoms with Crippen LogP contribution in [0.15, 0.2) is 0 Å². The fourth-order valence-electron chi connectivity index (χ4n) is 0.823. The molecule has 0 aromatic carbocycles. The van der Waals surface area contributed by atoms with Crippen LogP contribution in [0.4, 0.5) is 0 Å². The minimum Gasteiger partial charge on any atom is -0.544 e.